The van der Waals surface area contributed by atoms with Gasteiger partial charge in [0.2, 0.25) is 0 Å². The van der Waals surface area contributed by atoms with E-state index in [4.69, 9.17) is 4.74 Å². The van der Waals surface area contributed by atoms with Gasteiger partial charge >= 0.3 is 0 Å². The molecule has 1 aromatic carbocycles. The highest BCUT2D eigenvalue weighted by molar-refractivity contribution is 14.1. The Kier molecular flexibility index (Phi) is 3.34. The molecule has 0 aromatic heterocycles. The Labute approximate surface area is 85.7 Å². The van der Waals surface area contributed by atoms with Crippen molar-refractivity contribution in [2.45, 2.75) is 13.0 Å². The number of aliphatic hydroxyl groups is 1. The van der Waals surface area contributed by atoms with Gasteiger partial charge in [0.05, 0.1) is 13.2 Å². The third-order valence-electron chi connectivity index (χ3n) is 1.64. The summed E-state index contributed by atoms with van der Waals surface area (Å²) < 4.78 is 6.20. The van der Waals surface area contributed by atoms with Gasteiger partial charge in [0, 0.05) is 9.13 Å². The minimum Gasteiger partial charge on any atom is -0.496 e. The standard InChI is InChI=1S/C9H11IO2/c1-6(11)8-5-7(10)3-4-9(8)12-2/h3-6,11H,1-2H3. The van der Waals surface area contributed by atoms with Gasteiger partial charge in [0.1, 0.15) is 5.75 Å². The lowest BCUT2D eigenvalue weighted by atomic mass is 10.1. The first-order valence-corrected chi connectivity index (χ1v) is 4.74. The van der Waals surface area contributed by atoms with E-state index in [0.29, 0.717) is 0 Å². The van der Waals surface area contributed by atoms with E-state index in [9.17, 15) is 5.11 Å². The maximum atomic E-state index is 9.38. The van der Waals surface area contributed by atoms with Crippen LogP contribution in [0, 0.1) is 3.57 Å². The number of rotatable bonds is 2. The Hall–Kier alpha value is -0.290. The van der Waals surface area contributed by atoms with Crippen LogP contribution >= 0.6 is 22.6 Å². The highest BCUT2D eigenvalue weighted by Gasteiger charge is 2.07. The van der Waals surface area contributed by atoms with Gasteiger partial charge in [-0.1, -0.05) is 0 Å². The van der Waals surface area contributed by atoms with Crippen LogP contribution in [0.5, 0.6) is 5.75 Å². The number of methoxy groups -OCH3 is 1. The summed E-state index contributed by atoms with van der Waals surface area (Å²) in [7, 11) is 1.61. The van der Waals surface area contributed by atoms with Crippen molar-refractivity contribution in [2.24, 2.45) is 0 Å². The van der Waals surface area contributed by atoms with Crippen LogP contribution in [-0.2, 0) is 0 Å². The molecule has 0 spiro atoms. The van der Waals surface area contributed by atoms with E-state index in [1.807, 2.05) is 18.2 Å². The van der Waals surface area contributed by atoms with Crippen LogP contribution in [0.25, 0.3) is 0 Å². The summed E-state index contributed by atoms with van der Waals surface area (Å²) in [5.41, 5.74) is 0.837. The molecule has 0 amide bonds. The van der Waals surface area contributed by atoms with Crippen molar-refractivity contribution in [1.29, 1.82) is 0 Å². The van der Waals surface area contributed by atoms with Gasteiger partial charge < -0.3 is 9.84 Å². The molecule has 1 aromatic rings. The van der Waals surface area contributed by atoms with E-state index in [0.717, 1.165) is 14.9 Å². The molecule has 0 fully saturated rings. The Balaban J connectivity index is 3.12. The van der Waals surface area contributed by atoms with Gasteiger partial charge in [-0.05, 0) is 47.7 Å². The SMILES string of the molecule is COc1ccc(I)cc1C(C)O. The van der Waals surface area contributed by atoms with E-state index in [1.165, 1.54) is 0 Å². The maximum absolute atomic E-state index is 9.38. The highest BCUT2D eigenvalue weighted by atomic mass is 127. The molecule has 0 radical (unpaired) electrons. The van der Waals surface area contributed by atoms with E-state index in [2.05, 4.69) is 22.6 Å². The molecule has 0 heterocycles. The first-order chi connectivity index (χ1) is 5.65. The summed E-state index contributed by atoms with van der Waals surface area (Å²) in [6.07, 6.45) is -0.477. The Bertz CT molecular complexity index is 271. The van der Waals surface area contributed by atoms with Gasteiger partial charge in [0.25, 0.3) is 0 Å². The molecule has 0 aliphatic heterocycles. The smallest absolute Gasteiger partial charge is 0.124 e. The zero-order chi connectivity index (χ0) is 9.14. The second-order valence-corrected chi connectivity index (χ2v) is 3.81. The number of halogens is 1. The maximum Gasteiger partial charge on any atom is 0.124 e. The average Bonchev–Trinajstić information content (AvgIpc) is 2.04. The molecule has 0 saturated carbocycles. The van der Waals surface area contributed by atoms with Gasteiger partial charge in [-0.15, -0.1) is 0 Å². The predicted molar refractivity (Wildman–Crippen MR) is 56.3 cm³/mol. The minimum atomic E-state index is -0.477. The van der Waals surface area contributed by atoms with Gasteiger partial charge in [-0.2, -0.15) is 0 Å². The van der Waals surface area contributed by atoms with Gasteiger partial charge in [-0.25, -0.2) is 0 Å². The fraction of sp³-hybridized carbons (Fsp3) is 0.333. The van der Waals surface area contributed by atoms with Crippen molar-refractivity contribution < 1.29 is 9.84 Å². The van der Waals surface area contributed by atoms with Crippen LogP contribution in [0.15, 0.2) is 18.2 Å². The summed E-state index contributed by atoms with van der Waals surface area (Å²) in [5.74, 6) is 0.741. The Morgan fingerprint density at radius 2 is 2.17 bits per heavy atom. The topological polar surface area (TPSA) is 29.5 Å². The van der Waals surface area contributed by atoms with Crippen LogP contribution in [-0.4, -0.2) is 12.2 Å². The number of hydrogen-bond donors (Lipinski definition) is 1. The molecule has 66 valence electrons. The van der Waals surface area contributed by atoms with Crippen LogP contribution < -0.4 is 4.74 Å². The van der Waals surface area contributed by atoms with Gasteiger partial charge in [-0.3, -0.25) is 0 Å². The fourth-order valence-electron chi connectivity index (χ4n) is 1.03. The quantitative estimate of drug-likeness (QED) is 0.841. The molecule has 12 heavy (non-hydrogen) atoms. The molecule has 0 aliphatic rings. The largest absolute Gasteiger partial charge is 0.496 e. The number of aliphatic hydroxyl groups excluding tert-OH is 1. The first-order valence-electron chi connectivity index (χ1n) is 3.66. The van der Waals surface area contributed by atoms with E-state index in [1.54, 1.807) is 14.0 Å². The molecular formula is C9H11IO2. The lowest BCUT2D eigenvalue weighted by Gasteiger charge is -2.10. The predicted octanol–water partition coefficient (Wildman–Crippen LogP) is 2.35. The van der Waals surface area contributed by atoms with Crippen LogP contribution in [0.2, 0.25) is 0 Å². The molecule has 0 aliphatic carbocycles. The van der Waals surface area contributed by atoms with Crippen LogP contribution in [0.4, 0.5) is 0 Å². The summed E-state index contributed by atoms with van der Waals surface area (Å²) in [6.45, 7) is 1.73. The first kappa shape index (κ1) is 9.80. The van der Waals surface area contributed by atoms with Crippen LogP contribution in [0.3, 0.4) is 0 Å². The van der Waals surface area contributed by atoms with E-state index in [-0.39, 0.29) is 0 Å². The Morgan fingerprint density at radius 3 is 2.67 bits per heavy atom. The van der Waals surface area contributed by atoms with Crippen molar-refractivity contribution in [1.82, 2.24) is 0 Å². The number of hydrogen-bond acceptors (Lipinski definition) is 2. The Morgan fingerprint density at radius 1 is 1.50 bits per heavy atom. The third kappa shape index (κ3) is 2.10. The van der Waals surface area contributed by atoms with Gasteiger partial charge in [0.15, 0.2) is 0 Å². The van der Waals surface area contributed by atoms with Crippen molar-refractivity contribution in [2.75, 3.05) is 7.11 Å². The monoisotopic (exact) mass is 278 g/mol. The van der Waals surface area contributed by atoms with E-state index >= 15 is 0 Å². The lowest BCUT2D eigenvalue weighted by Crippen LogP contribution is -1.96. The molecule has 1 rings (SSSR count). The summed E-state index contributed by atoms with van der Waals surface area (Å²) >= 11 is 2.21. The molecule has 1 N–H and O–H groups in total. The van der Waals surface area contributed by atoms with Crippen molar-refractivity contribution in [3.05, 3.63) is 27.3 Å². The molecule has 1 atom stereocenters. The summed E-state index contributed by atoms with van der Waals surface area (Å²) in [4.78, 5) is 0. The molecular weight excluding hydrogens is 267 g/mol. The molecule has 0 saturated heterocycles. The molecule has 2 nitrogen and oxygen atoms in total. The summed E-state index contributed by atoms with van der Waals surface area (Å²) in [6, 6.07) is 5.74. The normalized spacial score (nSPS) is 12.7. The molecule has 1 unspecified atom stereocenters. The fourth-order valence-corrected chi connectivity index (χ4v) is 1.55. The van der Waals surface area contributed by atoms with Crippen LogP contribution in [0.1, 0.15) is 18.6 Å². The lowest BCUT2D eigenvalue weighted by molar-refractivity contribution is 0.194. The zero-order valence-corrected chi connectivity index (χ0v) is 9.20. The second kappa shape index (κ2) is 4.09. The zero-order valence-electron chi connectivity index (χ0n) is 7.04. The molecule has 0 bridgehead atoms. The summed E-state index contributed by atoms with van der Waals surface area (Å²) in [5, 5.41) is 9.38. The average molecular weight is 278 g/mol. The number of benzene rings is 1. The van der Waals surface area contributed by atoms with E-state index < -0.39 is 6.10 Å². The van der Waals surface area contributed by atoms with Crippen molar-refractivity contribution in [3.8, 4) is 5.75 Å². The second-order valence-electron chi connectivity index (χ2n) is 2.56. The minimum absolute atomic E-state index is 0.477. The highest BCUT2D eigenvalue weighted by Crippen LogP contribution is 2.26. The molecule has 3 heteroatoms. The van der Waals surface area contributed by atoms with Crippen molar-refractivity contribution in [3.63, 3.8) is 0 Å². The van der Waals surface area contributed by atoms with Crippen molar-refractivity contribution >= 4 is 22.6 Å². The third-order valence-corrected chi connectivity index (χ3v) is 2.31. The number of ether oxygens (including phenoxy) is 1.